The van der Waals surface area contributed by atoms with Crippen molar-refractivity contribution in [3.8, 4) is 0 Å². The highest BCUT2D eigenvalue weighted by atomic mass is 19.1. The Labute approximate surface area is 112 Å². The molecular formula is C14H20FNO3. The summed E-state index contributed by atoms with van der Waals surface area (Å²) in [6, 6.07) is 6.19. The smallest absolute Gasteiger partial charge is 0.334 e. The van der Waals surface area contributed by atoms with Crippen LogP contribution in [0.2, 0.25) is 0 Å². The van der Waals surface area contributed by atoms with Crippen LogP contribution in [0.5, 0.6) is 0 Å². The largest absolute Gasteiger partial charge is 0.467 e. The number of anilines is 1. The Morgan fingerprint density at radius 2 is 2.00 bits per heavy atom. The number of methoxy groups -OCH3 is 2. The molecule has 0 fully saturated rings. The van der Waals surface area contributed by atoms with E-state index in [0.717, 1.165) is 0 Å². The molecule has 0 spiro atoms. The standard InChI is InChI=1S/C14H20FNO3/c1-10(2)14(9-18-3,13(17)19-4)16-12-8-6-5-7-11(12)15/h5-8,10,16H,9H2,1-4H3. The maximum absolute atomic E-state index is 13.7. The monoisotopic (exact) mass is 269 g/mol. The number of carbonyl (C=O) groups is 1. The molecule has 0 heterocycles. The van der Waals surface area contributed by atoms with Gasteiger partial charge >= 0.3 is 5.97 Å². The van der Waals surface area contributed by atoms with E-state index in [9.17, 15) is 9.18 Å². The van der Waals surface area contributed by atoms with Crippen molar-refractivity contribution in [1.82, 2.24) is 0 Å². The zero-order valence-electron chi connectivity index (χ0n) is 11.7. The second-order valence-electron chi connectivity index (χ2n) is 4.66. The summed E-state index contributed by atoms with van der Waals surface area (Å²) in [4.78, 5) is 12.1. The molecule has 1 aromatic carbocycles. The zero-order chi connectivity index (χ0) is 14.5. The molecule has 5 heteroatoms. The molecule has 1 unspecified atom stereocenters. The molecular weight excluding hydrogens is 249 g/mol. The fourth-order valence-corrected chi connectivity index (χ4v) is 1.91. The molecule has 0 saturated carbocycles. The van der Waals surface area contributed by atoms with Gasteiger partial charge < -0.3 is 14.8 Å². The van der Waals surface area contributed by atoms with E-state index in [2.05, 4.69) is 5.32 Å². The predicted octanol–water partition coefficient (Wildman–Crippen LogP) is 2.45. The highest BCUT2D eigenvalue weighted by molar-refractivity contribution is 5.85. The third kappa shape index (κ3) is 3.23. The first kappa shape index (κ1) is 15.4. The van der Waals surface area contributed by atoms with Gasteiger partial charge in [0.2, 0.25) is 0 Å². The van der Waals surface area contributed by atoms with Crippen molar-refractivity contribution in [3.05, 3.63) is 30.1 Å². The van der Waals surface area contributed by atoms with Gasteiger partial charge in [0.05, 0.1) is 19.4 Å². The Kier molecular flexibility index (Phi) is 5.30. The molecule has 1 aromatic rings. The third-order valence-corrected chi connectivity index (χ3v) is 3.14. The summed E-state index contributed by atoms with van der Waals surface area (Å²) in [6.07, 6.45) is 0. The summed E-state index contributed by atoms with van der Waals surface area (Å²) in [5.41, 5.74) is -0.871. The second-order valence-corrected chi connectivity index (χ2v) is 4.66. The lowest BCUT2D eigenvalue weighted by Gasteiger charge is -2.35. The average Bonchev–Trinajstić information content (AvgIpc) is 2.39. The van der Waals surface area contributed by atoms with Crippen LogP contribution < -0.4 is 5.32 Å². The van der Waals surface area contributed by atoms with Crippen molar-refractivity contribution < 1.29 is 18.7 Å². The molecule has 19 heavy (non-hydrogen) atoms. The molecule has 4 nitrogen and oxygen atoms in total. The Bertz CT molecular complexity index is 436. The van der Waals surface area contributed by atoms with Gasteiger partial charge in [-0.05, 0) is 18.1 Å². The van der Waals surface area contributed by atoms with Crippen molar-refractivity contribution in [1.29, 1.82) is 0 Å². The van der Waals surface area contributed by atoms with Crippen LogP contribution in [0.25, 0.3) is 0 Å². The number of ether oxygens (including phenoxy) is 2. The van der Waals surface area contributed by atoms with Crippen LogP contribution >= 0.6 is 0 Å². The minimum absolute atomic E-state index is 0.0890. The SMILES string of the molecule is COCC(Nc1ccccc1F)(C(=O)OC)C(C)C. The number of hydrogen-bond donors (Lipinski definition) is 1. The lowest BCUT2D eigenvalue weighted by molar-refractivity contribution is -0.150. The number of esters is 1. The van der Waals surface area contributed by atoms with E-state index in [0.29, 0.717) is 0 Å². The van der Waals surface area contributed by atoms with E-state index < -0.39 is 17.3 Å². The lowest BCUT2D eigenvalue weighted by atomic mass is 9.86. The Hall–Kier alpha value is -1.62. The van der Waals surface area contributed by atoms with Crippen molar-refractivity contribution in [2.75, 3.05) is 26.1 Å². The quantitative estimate of drug-likeness (QED) is 0.806. The number of benzene rings is 1. The maximum atomic E-state index is 13.7. The van der Waals surface area contributed by atoms with Gasteiger partial charge in [0.15, 0.2) is 5.54 Å². The summed E-state index contributed by atoms with van der Waals surface area (Å²) in [6.45, 7) is 3.79. The van der Waals surface area contributed by atoms with Gasteiger partial charge in [-0.3, -0.25) is 0 Å². The number of nitrogens with one attached hydrogen (secondary N) is 1. The first-order chi connectivity index (χ1) is 8.97. The minimum Gasteiger partial charge on any atom is -0.467 e. The molecule has 106 valence electrons. The summed E-state index contributed by atoms with van der Waals surface area (Å²) in [5.74, 6) is -1.04. The van der Waals surface area contributed by atoms with Gasteiger partial charge in [-0.2, -0.15) is 0 Å². The molecule has 0 aromatic heterocycles. The van der Waals surface area contributed by atoms with Crippen LogP contribution in [0.3, 0.4) is 0 Å². The van der Waals surface area contributed by atoms with Gasteiger partial charge in [-0.25, -0.2) is 9.18 Å². The Morgan fingerprint density at radius 1 is 1.37 bits per heavy atom. The number of para-hydroxylation sites is 1. The van der Waals surface area contributed by atoms with Gasteiger partial charge in [0.1, 0.15) is 5.82 Å². The van der Waals surface area contributed by atoms with Crippen molar-refractivity contribution in [3.63, 3.8) is 0 Å². The van der Waals surface area contributed by atoms with E-state index in [1.807, 2.05) is 13.8 Å². The fourth-order valence-electron chi connectivity index (χ4n) is 1.91. The molecule has 0 amide bonds. The highest BCUT2D eigenvalue weighted by Gasteiger charge is 2.43. The van der Waals surface area contributed by atoms with Gasteiger partial charge in [0, 0.05) is 7.11 Å². The summed E-state index contributed by atoms with van der Waals surface area (Å²) < 4.78 is 23.7. The summed E-state index contributed by atoms with van der Waals surface area (Å²) >= 11 is 0. The first-order valence-electron chi connectivity index (χ1n) is 6.08. The molecule has 0 radical (unpaired) electrons. The van der Waals surface area contributed by atoms with E-state index in [4.69, 9.17) is 9.47 Å². The normalized spacial score (nSPS) is 14.0. The van der Waals surface area contributed by atoms with E-state index in [-0.39, 0.29) is 18.2 Å². The molecule has 0 aliphatic carbocycles. The summed E-state index contributed by atoms with van der Waals surface area (Å²) in [5, 5.41) is 2.94. The number of rotatable bonds is 6. The Morgan fingerprint density at radius 3 is 2.47 bits per heavy atom. The van der Waals surface area contributed by atoms with Crippen LogP contribution in [-0.4, -0.2) is 32.3 Å². The summed E-state index contributed by atoms with van der Waals surface area (Å²) in [7, 11) is 2.79. The van der Waals surface area contributed by atoms with Gasteiger partial charge in [-0.1, -0.05) is 26.0 Å². The molecule has 1 rings (SSSR count). The lowest BCUT2D eigenvalue weighted by Crippen LogP contribution is -2.55. The zero-order valence-corrected chi connectivity index (χ0v) is 11.7. The van der Waals surface area contributed by atoms with E-state index >= 15 is 0 Å². The van der Waals surface area contributed by atoms with Crippen LogP contribution in [0.1, 0.15) is 13.8 Å². The van der Waals surface area contributed by atoms with Crippen LogP contribution in [-0.2, 0) is 14.3 Å². The van der Waals surface area contributed by atoms with Crippen LogP contribution in [0.15, 0.2) is 24.3 Å². The predicted molar refractivity (Wildman–Crippen MR) is 71.5 cm³/mol. The van der Waals surface area contributed by atoms with Gasteiger partial charge in [-0.15, -0.1) is 0 Å². The molecule has 1 atom stereocenters. The molecule has 0 saturated heterocycles. The number of halogens is 1. The number of hydrogen-bond acceptors (Lipinski definition) is 4. The van der Waals surface area contributed by atoms with Crippen molar-refractivity contribution in [2.45, 2.75) is 19.4 Å². The average molecular weight is 269 g/mol. The van der Waals surface area contributed by atoms with Crippen molar-refractivity contribution in [2.24, 2.45) is 5.92 Å². The topological polar surface area (TPSA) is 47.6 Å². The highest BCUT2D eigenvalue weighted by Crippen LogP contribution is 2.27. The van der Waals surface area contributed by atoms with E-state index in [1.165, 1.54) is 20.3 Å². The fraction of sp³-hybridized carbons (Fsp3) is 0.500. The van der Waals surface area contributed by atoms with Gasteiger partial charge in [0.25, 0.3) is 0 Å². The molecule has 0 aliphatic heterocycles. The first-order valence-corrected chi connectivity index (χ1v) is 6.08. The molecule has 0 bridgehead atoms. The molecule has 0 aliphatic rings. The third-order valence-electron chi connectivity index (χ3n) is 3.14. The van der Waals surface area contributed by atoms with Crippen LogP contribution in [0, 0.1) is 11.7 Å². The number of carbonyl (C=O) groups excluding carboxylic acids is 1. The van der Waals surface area contributed by atoms with Crippen molar-refractivity contribution >= 4 is 11.7 Å². The molecule has 1 N–H and O–H groups in total. The van der Waals surface area contributed by atoms with Crippen LogP contribution in [0.4, 0.5) is 10.1 Å². The second kappa shape index (κ2) is 6.52. The van der Waals surface area contributed by atoms with E-state index in [1.54, 1.807) is 18.2 Å². The maximum Gasteiger partial charge on any atom is 0.334 e. The Balaban J connectivity index is 3.16. The minimum atomic E-state index is -1.12.